The van der Waals surface area contributed by atoms with Crippen molar-refractivity contribution in [2.24, 2.45) is 0 Å². The summed E-state index contributed by atoms with van der Waals surface area (Å²) < 4.78 is 10.1. The lowest BCUT2D eigenvalue weighted by Crippen LogP contribution is -2.00. The van der Waals surface area contributed by atoms with Gasteiger partial charge in [0.2, 0.25) is 11.7 Å². The van der Waals surface area contributed by atoms with Crippen LogP contribution in [0.3, 0.4) is 0 Å². The fourth-order valence-corrected chi connectivity index (χ4v) is 1.72. The van der Waals surface area contributed by atoms with Crippen molar-refractivity contribution < 1.29 is 19.1 Å². The van der Waals surface area contributed by atoms with E-state index in [1.54, 1.807) is 24.3 Å². The van der Waals surface area contributed by atoms with E-state index in [4.69, 9.17) is 25.9 Å². The molecule has 0 saturated carbocycles. The van der Waals surface area contributed by atoms with Gasteiger partial charge in [0, 0.05) is 7.11 Å². The normalized spacial score (nSPS) is 10.6. The van der Waals surface area contributed by atoms with E-state index in [0.717, 1.165) is 0 Å². The smallest absolute Gasteiger partial charge is 0.373 e. The molecular weight excluding hydrogens is 258 g/mol. The van der Waals surface area contributed by atoms with Crippen LogP contribution in [0.1, 0.15) is 16.2 Å². The average Bonchev–Trinajstić information content (AvgIpc) is 2.74. The second-order valence-electron chi connectivity index (χ2n) is 3.51. The van der Waals surface area contributed by atoms with Gasteiger partial charge in [-0.25, -0.2) is 9.78 Å². The van der Waals surface area contributed by atoms with Crippen LogP contribution < -0.4 is 0 Å². The topological polar surface area (TPSA) is 72.6 Å². The molecule has 1 aromatic heterocycles. The largest absolute Gasteiger partial charge is 0.475 e. The third-order valence-corrected chi connectivity index (χ3v) is 2.61. The van der Waals surface area contributed by atoms with E-state index < -0.39 is 5.97 Å². The molecule has 0 amide bonds. The fourth-order valence-electron chi connectivity index (χ4n) is 1.50. The van der Waals surface area contributed by atoms with Crippen LogP contribution in [0.4, 0.5) is 0 Å². The van der Waals surface area contributed by atoms with Crippen LogP contribution in [0, 0.1) is 0 Å². The summed E-state index contributed by atoms with van der Waals surface area (Å²) in [7, 11) is 1.45. The number of aromatic carboxylic acids is 1. The maximum Gasteiger partial charge on any atom is 0.373 e. The van der Waals surface area contributed by atoms with Crippen molar-refractivity contribution >= 4 is 17.6 Å². The lowest BCUT2D eigenvalue weighted by Gasteiger charge is -1.97. The average molecular weight is 268 g/mol. The molecule has 0 fully saturated rings. The number of aromatic nitrogens is 1. The van der Waals surface area contributed by atoms with Gasteiger partial charge in [0.1, 0.15) is 5.69 Å². The van der Waals surface area contributed by atoms with Crippen molar-refractivity contribution in [2.75, 3.05) is 7.11 Å². The van der Waals surface area contributed by atoms with E-state index in [2.05, 4.69) is 4.98 Å². The van der Waals surface area contributed by atoms with E-state index in [0.29, 0.717) is 10.6 Å². The van der Waals surface area contributed by atoms with Crippen molar-refractivity contribution in [2.45, 2.75) is 6.61 Å². The molecule has 2 aromatic rings. The van der Waals surface area contributed by atoms with Crippen LogP contribution in [-0.2, 0) is 11.3 Å². The quantitative estimate of drug-likeness (QED) is 0.922. The van der Waals surface area contributed by atoms with Gasteiger partial charge in [0.05, 0.1) is 17.2 Å². The monoisotopic (exact) mass is 267 g/mol. The first-order chi connectivity index (χ1) is 8.63. The van der Waals surface area contributed by atoms with Crippen molar-refractivity contribution in [1.82, 2.24) is 4.98 Å². The van der Waals surface area contributed by atoms with Gasteiger partial charge in [0.25, 0.3) is 0 Å². The van der Waals surface area contributed by atoms with Crippen molar-refractivity contribution in [3.8, 4) is 11.5 Å². The molecule has 0 bridgehead atoms. The Labute approximate surface area is 108 Å². The number of methoxy groups -OCH3 is 1. The van der Waals surface area contributed by atoms with Crippen LogP contribution >= 0.6 is 11.6 Å². The van der Waals surface area contributed by atoms with E-state index >= 15 is 0 Å². The first kappa shape index (κ1) is 12.6. The highest BCUT2D eigenvalue weighted by Crippen LogP contribution is 2.28. The summed E-state index contributed by atoms with van der Waals surface area (Å²) in [6, 6.07) is 6.92. The molecule has 94 valence electrons. The zero-order chi connectivity index (χ0) is 13.1. The molecule has 0 radical (unpaired) electrons. The number of rotatable bonds is 4. The predicted octanol–water partition coefficient (Wildman–Crippen LogP) is 2.84. The number of hydrogen-bond acceptors (Lipinski definition) is 4. The second-order valence-corrected chi connectivity index (χ2v) is 3.92. The van der Waals surface area contributed by atoms with Gasteiger partial charge < -0.3 is 14.3 Å². The first-order valence-corrected chi connectivity index (χ1v) is 5.48. The third kappa shape index (κ3) is 2.37. The molecular formula is C12H10ClNO4. The Kier molecular flexibility index (Phi) is 3.64. The highest BCUT2D eigenvalue weighted by molar-refractivity contribution is 6.33. The van der Waals surface area contributed by atoms with Gasteiger partial charge in [-0.2, -0.15) is 0 Å². The van der Waals surface area contributed by atoms with Gasteiger partial charge in [-0.05, 0) is 12.1 Å². The summed E-state index contributed by atoms with van der Waals surface area (Å²) >= 11 is 6.00. The molecule has 0 atom stereocenters. The summed E-state index contributed by atoms with van der Waals surface area (Å²) in [5, 5.41) is 9.44. The highest BCUT2D eigenvalue weighted by atomic mass is 35.5. The van der Waals surface area contributed by atoms with E-state index in [9.17, 15) is 4.79 Å². The van der Waals surface area contributed by atoms with Gasteiger partial charge in [-0.3, -0.25) is 0 Å². The lowest BCUT2D eigenvalue weighted by molar-refractivity contribution is 0.0656. The second kappa shape index (κ2) is 5.20. The van der Waals surface area contributed by atoms with Crippen LogP contribution in [-0.4, -0.2) is 23.2 Å². The number of oxazole rings is 1. The van der Waals surface area contributed by atoms with Crippen molar-refractivity contribution in [3.63, 3.8) is 0 Å². The molecule has 5 nitrogen and oxygen atoms in total. The minimum Gasteiger partial charge on any atom is -0.475 e. The molecule has 0 aliphatic carbocycles. The fraction of sp³-hybridized carbons (Fsp3) is 0.167. The SMILES string of the molecule is COCc1nc(-c2ccccc2Cl)oc1C(=O)O. The molecule has 1 heterocycles. The summed E-state index contributed by atoms with van der Waals surface area (Å²) in [5.41, 5.74) is 0.781. The molecule has 0 spiro atoms. The zero-order valence-electron chi connectivity index (χ0n) is 9.51. The van der Waals surface area contributed by atoms with Crippen LogP contribution in [0.25, 0.3) is 11.5 Å². The molecule has 2 rings (SSSR count). The highest BCUT2D eigenvalue weighted by Gasteiger charge is 2.21. The molecule has 0 unspecified atom stereocenters. The van der Waals surface area contributed by atoms with E-state index in [1.807, 2.05) is 0 Å². The van der Waals surface area contributed by atoms with Crippen molar-refractivity contribution in [3.05, 3.63) is 40.7 Å². The number of hydrogen-bond donors (Lipinski definition) is 1. The van der Waals surface area contributed by atoms with E-state index in [1.165, 1.54) is 7.11 Å². The predicted molar refractivity (Wildman–Crippen MR) is 64.6 cm³/mol. The summed E-state index contributed by atoms with van der Waals surface area (Å²) in [6.45, 7) is 0.0651. The summed E-state index contributed by atoms with van der Waals surface area (Å²) in [6.07, 6.45) is 0. The first-order valence-electron chi connectivity index (χ1n) is 5.10. The number of carbonyl (C=O) groups is 1. The van der Waals surface area contributed by atoms with Gasteiger partial charge in [-0.1, -0.05) is 23.7 Å². The van der Waals surface area contributed by atoms with Gasteiger partial charge in [0.15, 0.2) is 0 Å². The Bertz CT molecular complexity index is 579. The number of halogens is 1. The van der Waals surface area contributed by atoms with Crippen LogP contribution in [0.2, 0.25) is 5.02 Å². The van der Waals surface area contributed by atoms with Gasteiger partial charge >= 0.3 is 5.97 Å². The molecule has 6 heteroatoms. The molecule has 0 aliphatic rings. The zero-order valence-corrected chi connectivity index (χ0v) is 10.3. The summed E-state index contributed by atoms with van der Waals surface area (Å²) in [5.74, 6) is -1.25. The maximum atomic E-state index is 11.0. The van der Waals surface area contributed by atoms with Crippen LogP contribution in [0.5, 0.6) is 0 Å². The number of ether oxygens (including phenoxy) is 1. The Hall–Kier alpha value is -1.85. The molecule has 1 aromatic carbocycles. The van der Waals surface area contributed by atoms with Gasteiger partial charge in [-0.15, -0.1) is 0 Å². The van der Waals surface area contributed by atoms with Crippen LogP contribution in [0.15, 0.2) is 28.7 Å². The standard InChI is InChI=1S/C12H10ClNO4/c1-17-6-9-10(12(15)16)18-11(14-9)7-4-2-3-5-8(7)13/h2-5H,6H2,1H3,(H,15,16). The Morgan fingerprint density at radius 2 is 2.22 bits per heavy atom. The number of carboxylic acids is 1. The molecule has 0 aliphatic heterocycles. The molecule has 18 heavy (non-hydrogen) atoms. The minimum absolute atomic E-state index is 0.0651. The molecule has 0 saturated heterocycles. The lowest BCUT2D eigenvalue weighted by atomic mass is 10.2. The minimum atomic E-state index is -1.19. The third-order valence-electron chi connectivity index (χ3n) is 2.28. The van der Waals surface area contributed by atoms with E-state index in [-0.39, 0.29) is 24.0 Å². The van der Waals surface area contributed by atoms with Crippen molar-refractivity contribution in [1.29, 1.82) is 0 Å². The number of carboxylic acid groups (broad SMARTS) is 1. The molecule has 1 N–H and O–H groups in total. The Morgan fingerprint density at radius 3 is 2.83 bits per heavy atom. The number of benzene rings is 1. The maximum absolute atomic E-state index is 11.0. The number of nitrogens with zero attached hydrogens (tertiary/aromatic N) is 1. The Morgan fingerprint density at radius 1 is 1.50 bits per heavy atom. The Balaban J connectivity index is 2.50. The summed E-state index contributed by atoms with van der Waals surface area (Å²) in [4.78, 5) is 15.1.